The monoisotopic (exact) mass is 265 g/mol. The first-order chi connectivity index (χ1) is 8.53. The second-order valence-electron chi connectivity index (χ2n) is 4.47. The molecule has 6 heteroatoms. The number of hydrogen-bond donors (Lipinski definition) is 2. The Hall–Kier alpha value is -1.74. The lowest BCUT2D eigenvalue weighted by atomic mass is 10.2. The van der Waals surface area contributed by atoms with Crippen molar-refractivity contribution in [2.24, 2.45) is 0 Å². The van der Waals surface area contributed by atoms with E-state index in [9.17, 15) is 8.42 Å². The highest BCUT2D eigenvalue weighted by atomic mass is 32.2. The quantitative estimate of drug-likeness (QED) is 0.815. The predicted molar refractivity (Wildman–Crippen MR) is 70.4 cm³/mol. The number of sulfonamides is 1. The Balaban J connectivity index is 2.26. The number of rotatable bonds is 3. The zero-order valence-corrected chi connectivity index (χ0v) is 10.7. The Labute approximate surface area is 107 Å². The van der Waals surface area contributed by atoms with E-state index >= 15 is 0 Å². The van der Waals surface area contributed by atoms with Crippen LogP contribution in [0.1, 0.15) is 31.2 Å². The zero-order chi connectivity index (χ0) is 13.2. The van der Waals surface area contributed by atoms with E-state index < -0.39 is 10.0 Å². The van der Waals surface area contributed by atoms with E-state index in [0.29, 0.717) is 24.2 Å². The lowest BCUT2D eigenvalue weighted by Gasteiger charge is -2.14. The maximum atomic E-state index is 12.1. The third kappa shape index (κ3) is 2.57. The van der Waals surface area contributed by atoms with Gasteiger partial charge < -0.3 is 5.73 Å². The molecule has 0 aromatic heterocycles. The van der Waals surface area contributed by atoms with Crippen LogP contribution in [-0.2, 0) is 10.0 Å². The van der Waals surface area contributed by atoms with Crippen molar-refractivity contribution in [2.45, 2.75) is 30.9 Å². The summed E-state index contributed by atoms with van der Waals surface area (Å²) in [4.78, 5) is 0. The van der Waals surface area contributed by atoms with Crippen LogP contribution < -0.4 is 10.5 Å². The molecule has 1 aliphatic carbocycles. The lowest BCUT2D eigenvalue weighted by Crippen LogP contribution is -2.25. The topological polar surface area (TPSA) is 96.0 Å². The van der Waals surface area contributed by atoms with Crippen LogP contribution >= 0.6 is 0 Å². The highest BCUT2D eigenvalue weighted by molar-refractivity contribution is 7.93. The second kappa shape index (κ2) is 4.86. The minimum Gasteiger partial charge on any atom is -0.399 e. The van der Waals surface area contributed by atoms with Gasteiger partial charge in [-0.2, -0.15) is 5.26 Å². The Morgan fingerprint density at radius 2 is 2.00 bits per heavy atom. The van der Waals surface area contributed by atoms with Gasteiger partial charge in [-0.3, -0.25) is 4.72 Å². The van der Waals surface area contributed by atoms with E-state index in [1.807, 2.05) is 6.07 Å². The van der Waals surface area contributed by atoms with Crippen LogP contribution in [0, 0.1) is 11.3 Å². The van der Waals surface area contributed by atoms with E-state index in [2.05, 4.69) is 4.72 Å². The molecule has 0 atom stereocenters. The third-order valence-electron chi connectivity index (χ3n) is 3.16. The Morgan fingerprint density at radius 3 is 2.61 bits per heavy atom. The highest BCUT2D eigenvalue weighted by Gasteiger charge is 2.29. The van der Waals surface area contributed by atoms with Crippen LogP contribution in [0.2, 0.25) is 0 Å². The third-order valence-corrected chi connectivity index (χ3v) is 5.01. The van der Waals surface area contributed by atoms with Gasteiger partial charge in [0.2, 0.25) is 10.0 Å². The number of nitriles is 1. The van der Waals surface area contributed by atoms with Crippen LogP contribution in [-0.4, -0.2) is 13.7 Å². The fraction of sp³-hybridized carbons (Fsp3) is 0.417. The predicted octanol–water partition coefficient (Wildman–Crippen LogP) is 1.82. The average molecular weight is 265 g/mol. The van der Waals surface area contributed by atoms with Crippen molar-refractivity contribution < 1.29 is 8.42 Å². The fourth-order valence-corrected chi connectivity index (χ4v) is 3.78. The number of anilines is 2. The standard InChI is InChI=1S/C12H15N3O2S/c13-8-9-7-10(14)5-6-12(9)15-18(16,17)11-3-1-2-4-11/h5-7,11,15H,1-4,14H2. The molecule has 0 radical (unpaired) electrons. The van der Waals surface area contributed by atoms with Gasteiger partial charge in [0.25, 0.3) is 0 Å². The van der Waals surface area contributed by atoms with E-state index in [0.717, 1.165) is 12.8 Å². The zero-order valence-electron chi connectivity index (χ0n) is 9.89. The summed E-state index contributed by atoms with van der Waals surface area (Å²) in [6, 6.07) is 6.51. The van der Waals surface area contributed by atoms with Crippen molar-refractivity contribution in [2.75, 3.05) is 10.5 Å². The molecule has 0 heterocycles. The molecule has 1 aliphatic rings. The SMILES string of the molecule is N#Cc1cc(N)ccc1NS(=O)(=O)C1CCCC1. The summed E-state index contributed by atoms with van der Waals surface area (Å²) in [5, 5.41) is 8.62. The molecule has 0 bridgehead atoms. The molecule has 0 unspecified atom stereocenters. The molecule has 5 nitrogen and oxygen atoms in total. The van der Waals surface area contributed by atoms with E-state index in [-0.39, 0.29) is 10.8 Å². The van der Waals surface area contributed by atoms with Crippen molar-refractivity contribution in [3.05, 3.63) is 23.8 Å². The summed E-state index contributed by atoms with van der Waals surface area (Å²) in [5.74, 6) is 0. The number of hydrogen-bond acceptors (Lipinski definition) is 4. The maximum absolute atomic E-state index is 12.1. The molecule has 1 saturated carbocycles. The van der Waals surface area contributed by atoms with Gasteiger partial charge in [0.05, 0.1) is 16.5 Å². The van der Waals surface area contributed by atoms with Crippen LogP contribution in [0.4, 0.5) is 11.4 Å². The van der Waals surface area contributed by atoms with Crippen LogP contribution in [0.15, 0.2) is 18.2 Å². The molecule has 0 aliphatic heterocycles. The van der Waals surface area contributed by atoms with E-state index in [1.165, 1.54) is 12.1 Å². The molecular formula is C12H15N3O2S. The second-order valence-corrected chi connectivity index (χ2v) is 6.43. The highest BCUT2D eigenvalue weighted by Crippen LogP contribution is 2.27. The Bertz CT molecular complexity index is 584. The molecule has 0 spiro atoms. The van der Waals surface area contributed by atoms with Gasteiger partial charge in [-0.05, 0) is 31.0 Å². The van der Waals surface area contributed by atoms with Crippen molar-refractivity contribution >= 4 is 21.4 Å². The van der Waals surface area contributed by atoms with Crippen LogP contribution in [0.25, 0.3) is 0 Å². The molecule has 3 N–H and O–H groups in total. The molecule has 1 aromatic carbocycles. The minimum atomic E-state index is -3.40. The van der Waals surface area contributed by atoms with Gasteiger partial charge in [-0.1, -0.05) is 12.8 Å². The number of nitrogen functional groups attached to an aromatic ring is 1. The molecule has 2 rings (SSSR count). The van der Waals surface area contributed by atoms with Gasteiger partial charge in [0.15, 0.2) is 0 Å². The summed E-state index contributed by atoms with van der Waals surface area (Å²) in [5.41, 5.74) is 6.55. The number of nitrogens with one attached hydrogen (secondary N) is 1. The first kappa shape index (κ1) is 12.7. The van der Waals surface area contributed by atoms with E-state index in [1.54, 1.807) is 6.07 Å². The Morgan fingerprint density at radius 1 is 1.33 bits per heavy atom. The smallest absolute Gasteiger partial charge is 0.235 e. The summed E-state index contributed by atoms with van der Waals surface area (Å²) in [6.07, 6.45) is 3.26. The van der Waals surface area contributed by atoms with Crippen molar-refractivity contribution in [1.82, 2.24) is 0 Å². The van der Waals surface area contributed by atoms with Gasteiger partial charge in [-0.15, -0.1) is 0 Å². The summed E-state index contributed by atoms with van der Waals surface area (Å²) in [7, 11) is -3.40. The van der Waals surface area contributed by atoms with E-state index in [4.69, 9.17) is 11.0 Å². The van der Waals surface area contributed by atoms with Crippen molar-refractivity contribution in [3.8, 4) is 6.07 Å². The van der Waals surface area contributed by atoms with Crippen molar-refractivity contribution in [1.29, 1.82) is 5.26 Å². The summed E-state index contributed by atoms with van der Waals surface area (Å²) < 4.78 is 26.7. The van der Waals surface area contributed by atoms with Gasteiger partial charge >= 0.3 is 0 Å². The molecule has 1 fully saturated rings. The van der Waals surface area contributed by atoms with Gasteiger partial charge in [-0.25, -0.2) is 8.42 Å². The Kier molecular flexibility index (Phi) is 3.43. The van der Waals surface area contributed by atoms with Gasteiger partial charge in [0, 0.05) is 5.69 Å². The first-order valence-corrected chi connectivity index (χ1v) is 7.39. The average Bonchev–Trinajstić information content (AvgIpc) is 2.85. The molecule has 0 saturated heterocycles. The molecule has 0 amide bonds. The molecule has 18 heavy (non-hydrogen) atoms. The molecule has 96 valence electrons. The normalized spacial score (nSPS) is 16.4. The fourth-order valence-electron chi connectivity index (χ4n) is 2.18. The largest absolute Gasteiger partial charge is 0.399 e. The summed E-state index contributed by atoms with van der Waals surface area (Å²) in [6.45, 7) is 0. The maximum Gasteiger partial charge on any atom is 0.235 e. The number of benzene rings is 1. The van der Waals surface area contributed by atoms with Crippen molar-refractivity contribution in [3.63, 3.8) is 0 Å². The number of nitrogens with zero attached hydrogens (tertiary/aromatic N) is 1. The first-order valence-electron chi connectivity index (χ1n) is 5.84. The molecule has 1 aromatic rings. The number of nitrogens with two attached hydrogens (primary N) is 1. The lowest BCUT2D eigenvalue weighted by molar-refractivity contribution is 0.585. The van der Waals surface area contributed by atoms with Gasteiger partial charge in [0.1, 0.15) is 6.07 Å². The van der Waals surface area contributed by atoms with Crippen LogP contribution in [0.5, 0.6) is 0 Å². The summed E-state index contributed by atoms with van der Waals surface area (Å²) >= 11 is 0. The molecular weight excluding hydrogens is 250 g/mol. The minimum absolute atomic E-state index is 0.247. The van der Waals surface area contributed by atoms with Crippen LogP contribution in [0.3, 0.4) is 0 Å².